The van der Waals surface area contributed by atoms with Crippen LogP contribution >= 0.6 is 0 Å². The molecule has 0 spiro atoms. The van der Waals surface area contributed by atoms with Gasteiger partial charge in [-0.15, -0.1) is 0 Å². The SMILES string of the molecule is CC(C)(C)C(=C(C(=O)O)c1ccc(O)cc1)C(C)(C)C. The van der Waals surface area contributed by atoms with Crippen molar-refractivity contribution in [1.82, 2.24) is 0 Å². The standard InChI is InChI=1S/C17H24O3/c1-16(2,3)14(17(4,5)6)13(15(19)20)11-7-9-12(18)10-8-11/h7-10,18H,1-6H3,(H,19,20). The molecule has 3 nitrogen and oxygen atoms in total. The third kappa shape index (κ3) is 3.62. The van der Waals surface area contributed by atoms with Gasteiger partial charge in [-0.2, -0.15) is 0 Å². The minimum absolute atomic E-state index is 0.131. The highest BCUT2D eigenvalue weighted by molar-refractivity contribution is 6.16. The Bertz CT molecular complexity index is 507. The van der Waals surface area contributed by atoms with Gasteiger partial charge in [-0.25, -0.2) is 4.79 Å². The molecular formula is C17H24O3. The smallest absolute Gasteiger partial charge is 0.336 e. The molecule has 0 atom stereocenters. The van der Waals surface area contributed by atoms with Gasteiger partial charge in [-0.3, -0.25) is 0 Å². The summed E-state index contributed by atoms with van der Waals surface area (Å²) in [6, 6.07) is 6.33. The van der Waals surface area contributed by atoms with Crippen molar-refractivity contribution in [1.29, 1.82) is 0 Å². The molecule has 20 heavy (non-hydrogen) atoms. The van der Waals surface area contributed by atoms with E-state index in [9.17, 15) is 15.0 Å². The van der Waals surface area contributed by atoms with E-state index in [4.69, 9.17) is 0 Å². The van der Waals surface area contributed by atoms with E-state index < -0.39 is 5.97 Å². The summed E-state index contributed by atoms with van der Waals surface area (Å²) in [5, 5.41) is 19.0. The van der Waals surface area contributed by atoms with Crippen LogP contribution in [-0.4, -0.2) is 16.2 Å². The van der Waals surface area contributed by atoms with E-state index in [-0.39, 0.29) is 16.6 Å². The number of carboxylic acid groups (broad SMARTS) is 1. The van der Waals surface area contributed by atoms with Gasteiger partial charge in [0, 0.05) is 0 Å². The molecule has 0 bridgehead atoms. The van der Waals surface area contributed by atoms with Crippen molar-refractivity contribution >= 4 is 11.5 Å². The first kappa shape index (κ1) is 16.3. The van der Waals surface area contributed by atoms with Crippen molar-refractivity contribution in [2.24, 2.45) is 10.8 Å². The molecule has 0 aliphatic rings. The first-order valence-electron chi connectivity index (χ1n) is 6.72. The summed E-state index contributed by atoms with van der Waals surface area (Å²) in [6.07, 6.45) is 0. The largest absolute Gasteiger partial charge is 0.508 e. The van der Waals surface area contributed by atoms with E-state index in [1.54, 1.807) is 12.1 Å². The summed E-state index contributed by atoms with van der Waals surface area (Å²) in [4.78, 5) is 11.8. The third-order valence-corrected chi connectivity index (χ3v) is 3.12. The molecule has 0 saturated carbocycles. The normalized spacial score (nSPS) is 12.1. The van der Waals surface area contributed by atoms with Crippen LogP contribution in [0.3, 0.4) is 0 Å². The molecular weight excluding hydrogens is 252 g/mol. The number of phenols is 1. The number of carboxylic acids is 1. The number of rotatable bonds is 2. The summed E-state index contributed by atoms with van der Waals surface area (Å²) in [7, 11) is 0. The fraction of sp³-hybridized carbons (Fsp3) is 0.471. The second-order valence-corrected chi connectivity index (χ2v) is 7.10. The summed E-state index contributed by atoms with van der Waals surface area (Å²) in [5.41, 5.74) is 1.32. The van der Waals surface area contributed by atoms with Gasteiger partial charge in [-0.05, 0) is 34.1 Å². The van der Waals surface area contributed by atoms with Gasteiger partial charge in [-0.1, -0.05) is 53.7 Å². The lowest BCUT2D eigenvalue weighted by Gasteiger charge is -2.36. The Balaban J connectivity index is 3.68. The Morgan fingerprint density at radius 3 is 1.60 bits per heavy atom. The van der Waals surface area contributed by atoms with Crippen LogP contribution < -0.4 is 0 Å². The predicted octanol–water partition coefficient (Wildman–Crippen LogP) is 4.32. The monoisotopic (exact) mass is 276 g/mol. The van der Waals surface area contributed by atoms with Crippen LogP contribution in [0.15, 0.2) is 29.8 Å². The zero-order valence-corrected chi connectivity index (χ0v) is 13.1. The first-order valence-corrected chi connectivity index (χ1v) is 6.72. The van der Waals surface area contributed by atoms with Crippen molar-refractivity contribution in [3.8, 4) is 5.75 Å². The Labute approximate surface area is 121 Å². The van der Waals surface area contributed by atoms with Gasteiger partial charge in [0.1, 0.15) is 5.75 Å². The lowest BCUT2D eigenvalue weighted by molar-refractivity contribution is -0.130. The minimum atomic E-state index is -0.935. The van der Waals surface area contributed by atoms with Crippen LogP contribution in [0, 0.1) is 10.8 Å². The van der Waals surface area contributed by atoms with Crippen LogP contribution in [0.25, 0.3) is 5.57 Å². The maximum atomic E-state index is 11.8. The van der Waals surface area contributed by atoms with Crippen LogP contribution in [0.5, 0.6) is 5.75 Å². The Hall–Kier alpha value is -1.77. The molecule has 2 N–H and O–H groups in total. The van der Waals surface area contributed by atoms with Gasteiger partial charge in [0.15, 0.2) is 0 Å². The molecule has 0 aromatic heterocycles. The number of benzene rings is 1. The van der Waals surface area contributed by atoms with Gasteiger partial charge in [0.05, 0.1) is 5.57 Å². The van der Waals surface area contributed by atoms with Crippen LogP contribution in [0.4, 0.5) is 0 Å². The van der Waals surface area contributed by atoms with E-state index in [2.05, 4.69) is 0 Å². The van der Waals surface area contributed by atoms with Crippen molar-refractivity contribution in [2.45, 2.75) is 41.5 Å². The third-order valence-electron chi connectivity index (χ3n) is 3.12. The summed E-state index contributed by atoms with van der Waals surface area (Å²) in [6.45, 7) is 12.1. The highest BCUT2D eigenvalue weighted by atomic mass is 16.4. The molecule has 3 heteroatoms. The van der Waals surface area contributed by atoms with Crippen LogP contribution in [0.1, 0.15) is 47.1 Å². The van der Waals surface area contributed by atoms with Gasteiger partial charge in [0.2, 0.25) is 0 Å². The quantitative estimate of drug-likeness (QED) is 0.791. The predicted molar refractivity (Wildman–Crippen MR) is 81.6 cm³/mol. The maximum Gasteiger partial charge on any atom is 0.336 e. The topological polar surface area (TPSA) is 57.5 Å². The first-order chi connectivity index (χ1) is 8.94. The van der Waals surface area contributed by atoms with Gasteiger partial charge >= 0.3 is 5.97 Å². The van der Waals surface area contributed by atoms with Gasteiger partial charge < -0.3 is 10.2 Å². The van der Waals surface area contributed by atoms with Crippen molar-refractivity contribution in [3.63, 3.8) is 0 Å². The van der Waals surface area contributed by atoms with E-state index in [1.165, 1.54) is 12.1 Å². The second kappa shape index (κ2) is 5.31. The number of allylic oxidation sites excluding steroid dienone is 1. The van der Waals surface area contributed by atoms with Crippen LogP contribution in [0.2, 0.25) is 0 Å². The molecule has 110 valence electrons. The lowest BCUT2D eigenvalue weighted by Crippen LogP contribution is -2.26. The summed E-state index contributed by atoms with van der Waals surface area (Å²) >= 11 is 0. The minimum Gasteiger partial charge on any atom is -0.508 e. The number of aromatic hydroxyl groups is 1. The fourth-order valence-electron chi connectivity index (χ4n) is 2.88. The van der Waals surface area contributed by atoms with Crippen molar-refractivity contribution in [3.05, 3.63) is 35.4 Å². The Morgan fingerprint density at radius 1 is 0.900 bits per heavy atom. The molecule has 0 heterocycles. The average molecular weight is 276 g/mol. The Morgan fingerprint density at radius 2 is 1.30 bits per heavy atom. The number of phenolic OH excluding ortho intramolecular Hbond substituents is 1. The van der Waals surface area contributed by atoms with E-state index in [1.807, 2.05) is 41.5 Å². The summed E-state index contributed by atoms with van der Waals surface area (Å²) in [5.74, 6) is -0.804. The number of aliphatic carboxylic acids is 1. The molecule has 0 aliphatic carbocycles. The number of hydrogen-bond acceptors (Lipinski definition) is 2. The molecule has 0 fully saturated rings. The molecule has 0 amide bonds. The second-order valence-electron chi connectivity index (χ2n) is 7.10. The average Bonchev–Trinajstić information content (AvgIpc) is 2.23. The van der Waals surface area contributed by atoms with E-state index in [0.29, 0.717) is 11.1 Å². The summed E-state index contributed by atoms with van der Waals surface area (Å²) < 4.78 is 0. The van der Waals surface area contributed by atoms with E-state index in [0.717, 1.165) is 5.57 Å². The highest BCUT2D eigenvalue weighted by Gasteiger charge is 2.34. The molecule has 0 unspecified atom stereocenters. The van der Waals surface area contributed by atoms with E-state index >= 15 is 0 Å². The Kier molecular flexibility index (Phi) is 4.33. The fourth-order valence-corrected chi connectivity index (χ4v) is 2.88. The van der Waals surface area contributed by atoms with Gasteiger partial charge in [0.25, 0.3) is 0 Å². The number of hydrogen-bond donors (Lipinski definition) is 2. The molecule has 1 aromatic rings. The maximum absolute atomic E-state index is 11.8. The molecule has 1 aromatic carbocycles. The van der Waals surface area contributed by atoms with Crippen molar-refractivity contribution in [2.75, 3.05) is 0 Å². The van der Waals surface area contributed by atoms with Crippen LogP contribution in [-0.2, 0) is 4.79 Å². The number of carbonyl (C=O) groups is 1. The lowest BCUT2D eigenvalue weighted by atomic mass is 9.68. The zero-order chi connectivity index (χ0) is 15.7. The zero-order valence-electron chi connectivity index (χ0n) is 13.1. The molecule has 0 aliphatic heterocycles. The molecule has 1 rings (SSSR count). The molecule has 0 radical (unpaired) electrons. The highest BCUT2D eigenvalue weighted by Crippen LogP contribution is 2.44. The molecule has 0 saturated heterocycles. The van der Waals surface area contributed by atoms with Crippen molar-refractivity contribution < 1.29 is 15.0 Å².